The fourth-order valence-corrected chi connectivity index (χ4v) is 3.05. The van der Waals surface area contributed by atoms with Gasteiger partial charge in [0.1, 0.15) is 6.54 Å². The van der Waals surface area contributed by atoms with E-state index in [4.69, 9.17) is 5.73 Å². The number of thiophene rings is 1. The Kier molecular flexibility index (Phi) is 31.2. The Hall–Kier alpha value is -1.00. The maximum Gasteiger partial charge on any atom is 0.325 e. The molecule has 1 amide bonds. The van der Waals surface area contributed by atoms with Gasteiger partial charge in [-0.15, -0.1) is 11.3 Å². The Bertz CT molecular complexity index is 597. The van der Waals surface area contributed by atoms with Crippen LogP contribution in [-0.4, -0.2) is 73.9 Å². The Morgan fingerprint density at radius 2 is 1.91 bits per heavy atom. The quantitative estimate of drug-likeness (QED) is 0.201. The summed E-state index contributed by atoms with van der Waals surface area (Å²) in [5, 5.41) is 4.63. The molecule has 9 heteroatoms. The van der Waals surface area contributed by atoms with Crippen molar-refractivity contribution in [2.24, 2.45) is 5.73 Å². The molecule has 0 radical (unpaired) electrons. The largest absolute Gasteiger partial charge is 0.468 e. The van der Waals surface area contributed by atoms with Gasteiger partial charge in [-0.3, -0.25) is 14.5 Å². The number of methoxy groups -OCH3 is 1. The first-order chi connectivity index (χ1) is 16.3. The molecular weight excluding hydrogens is 486 g/mol. The second kappa shape index (κ2) is 28.2. The van der Waals surface area contributed by atoms with Crippen molar-refractivity contribution < 1.29 is 14.3 Å². The third-order valence-electron chi connectivity index (χ3n) is 3.98. The minimum absolute atomic E-state index is 0.0566. The molecule has 2 unspecified atom stereocenters. The zero-order chi connectivity index (χ0) is 26.8. The van der Waals surface area contributed by atoms with Crippen molar-refractivity contribution in [2.75, 3.05) is 45.0 Å². The number of thiol groups is 1. The monoisotopic (exact) mass is 535 g/mol. The zero-order valence-corrected chi connectivity index (χ0v) is 25.0. The number of carbonyl (C=O) groups excluding carboxylic acids is 2. The molecule has 0 spiro atoms. The van der Waals surface area contributed by atoms with E-state index < -0.39 is 5.97 Å². The van der Waals surface area contributed by atoms with Gasteiger partial charge in [0.2, 0.25) is 5.91 Å². The summed E-state index contributed by atoms with van der Waals surface area (Å²) in [5.74, 6) is 1.19. The molecule has 34 heavy (non-hydrogen) atoms. The summed E-state index contributed by atoms with van der Waals surface area (Å²) in [6, 6.07) is 3.56. The van der Waals surface area contributed by atoms with E-state index in [0.29, 0.717) is 18.7 Å². The SMILES string of the molecule is CC.CCC.CCSC.COC(=O)CNC(=O)C(Cc1cccs1)N(C)CC/C=C/C(N)CS. The highest BCUT2D eigenvalue weighted by Gasteiger charge is 2.24. The van der Waals surface area contributed by atoms with Gasteiger partial charge in [-0.2, -0.15) is 24.4 Å². The van der Waals surface area contributed by atoms with Gasteiger partial charge in [0.25, 0.3) is 0 Å². The van der Waals surface area contributed by atoms with E-state index >= 15 is 0 Å². The molecule has 1 rings (SSSR count). The number of likely N-dealkylation sites (N-methyl/N-ethyl adjacent to an activating group) is 1. The predicted molar refractivity (Wildman–Crippen MR) is 156 cm³/mol. The molecule has 0 aliphatic heterocycles. The molecule has 3 N–H and O–H groups in total. The number of rotatable bonds is 12. The van der Waals surface area contributed by atoms with E-state index in [0.717, 1.165) is 11.3 Å². The van der Waals surface area contributed by atoms with Crippen molar-refractivity contribution in [3.63, 3.8) is 0 Å². The van der Waals surface area contributed by atoms with E-state index in [2.05, 4.69) is 49.7 Å². The van der Waals surface area contributed by atoms with Crippen molar-refractivity contribution >= 4 is 47.6 Å². The van der Waals surface area contributed by atoms with E-state index in [1.807, 2.05) is 67.2 Å². The van der Waals surface area contributed by atoms with Crippen molar-refractivity contribution in [3.8, 4) is 0 Å². The lowest BCUT2D eigenvalue weighted by atomic mass is 10.1. The van der Waals surface area contributed by atoms with Crippen LogP contribution in [0.3, 0.4) is 0 Å². The van der Waals surface area contributed by atoms with Crippen LogP contribution in [0.25, 0.3) is 0 Å². The van der Waals surface area contributed by atoms with Crippen LogP contribution in [0.5, 0.6) is 0 Å². The third-order valence-corrected chi connectivity index (χ3v) is 5.87. The number of nitrogens with one attached hydrogen (secondary N) is 1. The van der Waals surface area contributed by atoms with Crippen LogP contribution < -0.4 is 11.1 Å². The number of ether oxygens (including phenoxy) is 1. The Morgan fingerprint density at radius 1 is 1.32 bits per heavy atom. The van der Waals surface area contributed by atoms with E-state index in [1.54, 1.807) is 11.3 Å². The van der Waals surface area contributed by atoms with Gasteiger partial charge in [0.15, 0.2) is 0 Å². The van der Waals surface area contributed by atoms with Gasteiger partial charge in [0, 0.05) is 29.6 Å². The molecule has 1 aromatic rings. The van der Waals surface area contributed by atoms with Crippen LogP contribution in [0.1, 0.15) is 52.3 Å². The molecule has 0 bridgehead atoms. The maximum atomic E-state index is 12.5. The van der Waals surface area contributed by atoms with Gasteiger partial charge < -0.3 is 15.8 Å². The lowest BCUT2D eigenvalue weighted by Crippen LogP contribution is -2.48. The fraction of sp³-hybridized carbons (Fsp3) is 0.680. The van der Waals surface area contributed by atoms with Crippen LogP contribution in [0.4, 0.5) is 0 Å². The highest BCUT2D eigenvalue weighted by atomic mass is 32.2. The first kappa shape index (κ1) is 37.5. The highest BCUT2D eigenvalue weighted by Crippen LogP contribution is 2.14. The number of hydrogen-bond acceptors (Lipinski definition) is 8. The molecule has 0 aliphatic rings. The minimum Gasteiger partial charge on any atom is -0.468 e. The molecule has 0 saturated heterocycles. The van der Waals surface area contributed by atoms with Gasteiger partial charge in [-0.05, 0) is 36.9 Å². The molecule has 0 fully saturated rings. The fourth-order valence-electron chi connectivity index (χ4n) is 2.18. The first-order valence-corrected chi connectivity index (χ1v) is 14.8. The lowest BCUT2D eigenvalue weighted by molar-refractivity contribution is -0.141. The first-order valence-electron chi connectivity index (χ1n) is 11.9. The summed E-state index contributed by atoms with van der Waals surface area (Å²) in [7, 11) is 3.20. The molecule has 0 aliphatic carbocycles. The normalized spacial score (nSPS) is 11.7. The van der Waals surface area contributed by atoms with Crippen molar-refractivity contribution in [1.29, 1.82) is 0 Å². The van der Waals surface area contributed by atoms with Crippen molar-refractivity contribution in [1.82, 2.24) is 10.2 Å². The second-order valence-corrected chi connectivity index (χ2v) is 9.47. The molecule has 1 heterocycles. The second-order valence-electron chi connectivity index (χ2n) is 6.92. The van der Waals surface area contributed by atoms with Crippen LogP contribution in [0.15, 0.2) is 29.7 Å². The van der Waals surface area contributed by atoms with Gasteiger partial charge >= 0.3 is 5.97 Å². The number of esters is 1. The smallest absolute Gasteiger partial charge is 0.325 e. The number of hydrogen-bond donors (Lipinski definition) is 3. The van der Waals surface area contributed by atoms with Crippen LogP contribution in [-0.2, 0) is 20.7 Å². The van der Waals surface area contributed by atoms with Gasteiger partial charge in [-0.1, -0.05) is 59.3 Å². The molecule has 0 aromatic carbocycles. The number of thioether (sulfide) groups is 1. The molecular formula is C25H49N3O3S3. The van der Waals surface area contributed by atoms with Crippen LogP contribution in [0.2, 0.25) is 0 Å². The highest BCUT2D eigenvalue weighted by molar-refractivity contribution is 7.98. The summed E-state index contributed by atoms with van der Waals surface area (Å²) >= 11 is 7.61. The Morgan fingerprint density at radius 3 is 2.35 bits per heavy atom. The van der Waals surface area contributed by atoms with Gasteiger partial charge in [-0.25, -0.2) is 0 Å². The minimum atomic E-state index is -0.463. The van der Waals surface area contributed by atoms with Crippen LogP contribution >= 0.6 is 35.7 Å². The summed E-state index contributed by atoms with van der Waals surface area (Å²) in [6.45, 7) is 11.0. The van der Waals surface area contributed by atoms with E-state index in [9.17, 15) is 9.59 Å². The summed E-state index contributed by atoms with van der Waals surface area (Å²) in [5.41, 5.74) is 5.79. The number of amides is 1. The van der Waals surface area contributed by atoms with Crippen LogP contribution in [0, 0.1) is 0 Å². The maximum absolute atomic E-state index is 12.5. The number of nitrogens with two attached hydrogens (primary N) is 1. The molecule has 2 atom stereocenters. The van der Waals surface area contributed by atoms with E-state index in [-0.39, 0.29) is 24.5 Å². The topological polar surface area (TPSA) is 84.7 Å². The number of nitrogens with zero attached hydrogens (tertiary/aromatic N) is 1. The number of carbonyl (C=O) groups is 2. The summed E-state index contributed by atoms with van der Waals surface area (Å²) < 4.78 is 4.57. The van der Waals surface area contributed by atoms with E-state index in [1.165, 1.54) is 19.3 Å². The van der Waals surface area contributed by atoms with Gasteiger partial charge in [0.05, 0.1) is 13.2 Å². The average molecular weight is 536 g/mol. The van der Waals surface area contributed by atoms with Crippen molar-refractivity contribution in [3.05, 3.63) is 34.5 Å². The summed E-state index contributed by atoms with van der Waals surface area (Å²) in [6.07, 6.45) is 8.66. The molecule has 0 saturated carbocycles. The Balaban J connectivity index is -0.000000922. The summed E-state index contributed by atoms with van der Waals surface area (Å²) in [4.78, 5) is 26.9. The van der Waals surface area contributed by atoms with Crippen molar-refractivity contribution in [2.45, 2.75) is 66.0 Å². The molecule has 1 aromatic heterocycles. The Labute approximate surface area is 222 Å². The zero-order valence-electron chi connectivity index (χ0n) is 22.5. The molecule has 200 valence electrons. The standard InChI is InChI=1S/C17H27N3O3S2.C3H8S.C3H8.C2H6/c1-20(8-4-3-6-13(18)12-24)15(10-14-7-5-9-25-14)17(22)19-11-16(21)23-2;1-3-4-2;1-3-2;1-2/h3,5-7,9,13,15,24H,4,8,10-12,18H2,1-2H3,(H,19,22);3H2,1-2H3;3H2,1-2H3;1-2H3/b6-3+;;;. The average Bonchev–Trinajstić information content (AvgIpc) is 3.38. The predicted octanol–water partition coefficient (Wildman–Crippen LogP) is 4.90. The third kappa shape index (κ3) is 22.8. The lowest BCUT2D eigenvalue weighted by Gasteiger charge is -2.26. The molecule has 6 nitrogen and oxygen atoms in total.